The number of hydrogen-bond donors (Lipinski definition) is 0. The number of carbonyl (C=O) groups excluding carboxylic acids is 1. The van der Waals surface area contributed by atoms with Crippen LogP contribution in [-0.2, 0) is 17.9 Å². The fourth-order valence-corrected chi connectivity index (χ4v) is 3.16. The van der Waals surface area contributed by atoms with Crippen LogP contribution in [0.4, 0.5) is 0 Å². The Balaban J connectivity index is 1.59. The van der Waals surface area contributed by atoms with Crippen LogP contribution < -0.4 is 4.74 Å². The van der Waals surface area contributed by atoms with Crippen LogP contribution >= 0.6 is 0 Å². The lowest BCUT2D eigenvalue weighted by molar-refractivity contribution is -0.131. The second-order valence-corrected chi connectivity index (χ2v) is 6.96. The molecule has 0 spiro atoms. The molecule has 0 saturated heterocycles. The van der Waals surface area contributed by atoms with Crippen LogP contribution in [0.5, 0.6) is 5.75 Å². The molecule has 0 aliphatic carbocycles. The van der Waals surface area contributed by atoms with Gasteiger partial charge in [0.05, 0.1) is 13.7 Å². The van der Waals surface area contributed by atoms with Crippen LogP contribution in [0.2, 0.25) is 0 Å². The number of fused-ring (bicyclic) bond motifs is 1. The second kappa shape index (κ2) is 8.69. The quantitative estimate of drug-likeness (QED) is 0.638. The molecule has 0 atom stereocenters. The SMILES string of the molecule is COc1ccc2cc(CN(C)C(=O)CN(C)Cc3ccccc3)ccc2c1. The van der Waals surface area contributed by atoms with E-state index in [9.17, 15) is 4.79 Å². The van der Waals surface area contributed by atoms with Gasteiger partial charge in [-0.3, -0.25) is 9.69 Å². The standard InChI is InChI=1S/C23H26N2O2/c1-24(15-18-7-5-4-6-8-18)17-23(26)25(2)16-19-9-10-21-14-22(27-3)12-11-20(21)13-19/h4-14H,15-17H2,1-3H3. The summed E-state index contributed by atoms with van der Waals surface area (Å²) < 4.78 is 5.27. The highest BCUT2D eigenvalue weighted by Crippen LogP contribution is 2.22. The van der Waals surface area contributed by atoms with Crippen molar-refractivity contribution in [1.29, 1.82) is 0 Å². The zero-order valence-corrected chi connectivity index (χ0v) is 16.2. The zero-order chi connectivity index (χ0) is 19.2. The van der Waals surface area contributed by atoms with Crippen LogP contribution in [0.1, 0.15) is 11.1 Å². The van der Waals surface area contributed by atoms with Gasteiger partial charge in [0.1, 0.15) is 5.75 Å². The molecular weight excluding hydrogens is 336 g/mol. The summed E-state index contributed by atoms with van der Waals surface area (Å²) in [5.74, 6) is 0.965. The first-order chi connectivity index (χ1) is 13.0. The summed E-state index contributed by atoms with van der Waals surface area (Å²) in [5.41, 5.74) is 2.33. The number of amides is 1. The third-order valence-electron chi connectivity index (χ3n) is 4.66. The summed E-state index contributed by atoms with van der Waals surface area (Å²) in [4.78, 5) is 16.4. The Morgan fingerprint density at radius 2 is 1.56 bits per heavy atom. The second-order valence-electron chi connectivity index (χ2n) is 6.96. The highest BCUT2D eigenvalue weighted by molar-refractivity contribution is 5.84. The van der Waals surface area contributed by atoms with Gasteiger partial charge in [-0.2, -0.15) is 0 Å². The van der Waals surface area contributed by atoms with Gasteiger partial charge in [0, 0.05) is 20.1 Å². The van der Waals surface area contributed by atoms with E-state index in [2.05, 4.69) is 30.3 Å². The Bertz CT molecular complexity index is 909. The molecule has 0 radical (unpaired) electrons. The van der Waals surface area contributed by atoms with E-state index in [0.717, 1.165) is 28.6 Å². The Morgan fingerprint density at radius 3 is 2.30 bits per heavy atom. The molecule has 0 aliphatic rings. The van der Waals surface area contributed by atoms with Gasteiger partial charge in [0.25, 0.3) is 0 Å². The van der Waals surface area contributed by atoms with Crippen molar-refractivity contribution >= 4 is 16.7 Å². The van der Waals surface area contributed by atoms with E-state index < -0.39 is 0 Å². The third-order valence-corrected chi connectivity index (χ3v) is 4.66. The van der Waals surface area contributed by atoms with E-state index >= 15 is 0 Å². The van der Waals surface area contributed by atoms with Crippen LogP contribution in [-0.4, -0.2) is 43.5 Å². The number of likely N-dealkylation sites (N-methyl/N-ethyl adjacent to an activating group) is 2. The Kier molecular flexibility index (Phi) is 6.09. The highest BCUT2D eigenvalue weighted by atomic mass is 16.5. The molecule has 0 aromatic heterocycles. The van der Waals surface area contributed by atoms with Gasteiger partial charge in [-0.05, 0) is 47.1 Å². The van der Waals surface area contributed by atoms with Gasteiger partial charge in [0.15, 0.2) is 0 Å². The van der Waals surface area contributed by atoms with Gasteiger partial charge < -0.3 is 9.64 Å². The number of carbonyl (C=O) groups is 1. The number of nitrogens with zero attached hydrogens (tertiary/aromatic N) is 2. The number of benzene rings is 3. The van der Waals surface area contributed by atoms with Crippen molar-refractivity contribution in [1.82, 2.24) is 9.80 Å². The zero-order valence-electron chi connectivity index (χ0n) is 16.2. The maximum absolute atomic E-state index is 12.6. The van der Waals surface area contributed by atoms with Gasteiger partial charge >= 0.3 is 0 Å². The fraction of sp³-hybridized carbons (Fsp3) is 0.261. The Hall–Kier alpha value is -2.85. The van der Waals surface area contributed by atoms with Crippen LogP contribution in [0, 0.1) is 0 Å². The maximum Gasteiger partial charge on any atom is 0.236 e. The van der Waals surface area contributed by atoms with Crippen LogP contribution in [0.15, 0.2) is 66.7 Å². The lowest BCUT2D eigenvalue weighted by Crippen LogP contribution is -2.36. The van der Waals surface area contributed by atoms with Gasteiger partial charge in [-0.25, -0.2) is 0 Å². The predicted octanol–water partition coefficient (Wildman–Crippen LogP) is 3.94. The lowest BCUT2D eigenvalue weighted by atomic mass is 10.1. The summed E-state index contributed by atoms with van der Waals surface area (Å²) >= 11 is 0. The van der Waals surface area contributed by atoms with Crippen LogP contribution in [0.25, 0.3) is 10.8 Å². The van der Waals surface area contributed by atoms with E-state index in [1.54, 1.807) is 12.0 Å². The van der Waals surface area contributed by atoms with Crippen molar-refractivity contribution in [2.45, 2.75) is 13.1 Å². The molecule has 1 amide bonds. The maximum atomic E-state index is 12.6. The summed E-state index contributed by atoms with van der Waals surface area (Å²) in [6, 6.07) is 22.5. The fourth-order valence-electron chi connectivity index (χ4n) is 3.16. The van der Waals surface area contributed by atoms with Crippen LogP contribution in [0.3, 0.4) is 0 Å². The molecular formula is C23H26N2O2. The largest absolute Gasteiger partial charge is 0.497 e. The minimum atomic E-state index is 0.114. The molecule has 0 saturated carbocycles. The topological polar surface area (TPSA) is 32.8 Å². The first-order valence-electron chi connectivity index (χ1n) is 9.08. The van der Waals surface area contributed by atoms with Gasteiger partial charge in [-0.15, -0.1) is 0 Å². The third kappa shape index (κ3) is 5.08. The molecule has 0 heterocycles. The molecule has 0 fully saturated rings. The number of rotatable bonds is 7. The lowest BCUT2D eigenvalue weighted by Gasteiger charge is -2.22. The van der Waals surface area contributed by atoms with E-state index in [-0.39, 0.29) is 5.91 Å². The normalized spacial score (nSPS) is 11.0. The first-order valence-corrected chi connectivity index (χ1v) is 9.08. The number of methoxy groups -OCH3 is 1. The van der Waals surface area contributed by atoms with E-state index in [0.29, 0.717) is 13.1 Å². The molecule has 3 aromatic carbocycles. The first kappa shape index (κ1) is 18.9. The minimum absolute atomic E-state index is 0.114. The molecule has 4 nitrogen and oxygen atoms in total. The summed E-state index contributed by atoms with van der Waals surface area (Å²) in [6.07, 6.45) is 0. The molecule has 3 aromatic rings. The van der Waals surface area contributed by atoms with E-state index in [1.807, 2.05) is 55.4 Å². The molecule has 0 N–H and O–H groups in total. The summed E-state index contributed by atoms with van der Waals surface area (Å²) in [7, 11) is 5.50. The Morgan fingerprint density at radius 1 is 0.852 bits per heavy atom. The average molecular weight is 362 g/mol. The average Bonchev–Trinajstić information content (AvgIpc) is 2.68. The summed E-state index contributed by atoms with van der Waals surface area (Å²) in [5, 5.41) is 2.28. The van der Waals surface area contributed by atoms with Gasteiger partial charge in [-0.1, -0.05) is 48.5 Å². The molecule has 3 rings (SSSR count). The van der Waals surface area contributed by atoms with Crippen molar-refractivity contribution < 1.29 is 9.53 Å². The van der Waals surface area contributed by atoms with Crippen molar-refractivity contribution in [3.63, 3.8) is 0 Å². The molecule has 0 bridgehead atoms. The minimum Gasteiger partial charge on any atom is -0.497 e. The van der Waals surface area contributed by atoms with Crippen molar-refractivity contribution in [3.05, 3.63) is 77.9 Å². The smallest absolute Gasteiger partial charge is 0.236 e. The van der Waals surface area contributed by atoms with Gasteiger partial charge in [0.2, 0.25) is 5.91 Å². The van der Waals surface area contributed by atoms with Crippen molar-refractivity contribution in [3.8, 4) is 5.75 Å². The number of hydrogen-bond acceptors (Lipinski definition) is 3. The van der Waals surface area contributed by atoms with Crippen molar-refractivity contribution in [2.24, 2.45) is 0 Å². The molecule has 140 valence electrons. The Labute approximate surface area is 161 Å². The molecule has 4 heteroatoms. The monoisotopic (exact) mass is 362 g/mol. The predicted molar refractivity (Wildman–Crippen MR) is 110 cm³/mol. The van der Waals surface area contributed by atoms with E-state index in [1.165, 1.54) is 5.56 Å². The number of ether oxygens (including phenoxy) is 1. The molecule has 0 unspecified atom stereocenters. The summed E-state index contributed by atoms with van der Waals surface area (Å²) in [6.45, 7) is 1.76. The van der Waals surface area contributed by atoms with Crippen molar-refractivity contribution in [2.75, 3.05) is 27.7 Å². The highest BCUT2D eigenvalue weighted by Gasteiger charge is 2.13. The molecule has 0 aliphatic heterocycles. The molecule has 27 heavy (non-hydrogen) atoms. The van der Waals surface area contributed by atoms with E-state index in [4.69, 9.17) is 4.74 Å².